The smallest absolute Gasteiger partial charge is 0.261 e. The third-order valence-corrected chi connectivity index (χ3v) is 4.79. The monoisotopic (exact) mass is 329 g/mol. The number of amides is 2. The molecule has 4 rings (SSSR count). The number of aryl methyl sites for hydroxylation is 1. The number of nitrogens with zero attached hydrogens (tertiary/aromatic N) is 1. The molecule has 3 aromatic carbocycles. The summed E-state index contributed by atoms with van der Waals surface area (Å²) in [4.78, 5) is 26.0. The second-order valence-corrected chi connectivity index (χ2v) is 6.45. The van der Waals surface area contributed by atoms with Crippen molar-refractivity contribution >= 4 is 22.6 Å². The van der Waals surface area contributed by atoms with Gasteiger partial charge in [-0.2, -0.15) is 0 Å². The van der Waals surface area contributed by atoms with Crippen molar-refractivity contribution < 1.29 is 9.59 Å². The molecule has 0 spiro atoms. The van der Waals surface area contributed by atoms with E-state index in [0.717, 1.165) is 19.3 Å². The van der Waals surface area contributed by atoms with Crippen LogP contribution in [0.2, 0.25) is 0 Å². The molecule has 0 bridgehead atoms. The van der Waals surface area contributed by atoms with Gasteiger partial charge < -0.3 is 0 Å². The van der Waals surface area contributed by atoms with E-state index in [9.17, 15) is 9.59 Å². The van der Waals surface area contributed by atoms with Gasteiger partial charge in [-0.05, 0) is 47.7 Å². The summed E-state index contributed by atoms with van der Waals surface area (Å²) in [5.41, 5.74) is 2.35. The molecule has 0 aromatic heterocycles. The van der Waals surface area contributed by atoms with E-state index in [2.05, 4.69) is 30.3 Å². The van der Waals surface area contributed by atoms with E-state index in [4.69, 9.17) is 0 Å². The number of hydrogen-bond acceptors (Lipinski definition) is 2. The molecule has 0 fully saturated rings. The van der Waals surface area contributed by atoms with Gasteiger partial charge >= 0.3 is 0 Å². The molecule has 0 saturated carbocycles. The normalized spacial score (nSPS) is 13.5. The maximum absolute atomic E-state index is 12.3. The Morgan fingerprint density at radius 1 is 0.680 bits per heavy atom. The van der Waals surface area contributed by atoms with Gasteiger partial charge in [-0.1, -0.05) is 54.6 Å². The van der Waals surface area contributed by atoms with Gasteiger partial charge in [0.25, 0.3) is 11.8 Å². The van der Waals surface area contributed by atoms with Crippen LogP contribution in [0.3, 0.4) is 0 Å². The predicted octanol–water partition coefficient (Wildman–Crippen LogP) is 4.46. The first-order valence-electron chi connectivity index (χ1n) is 8.67. The standard InChI is InChI=1S/C22H19NO2/c24-21-19-10-3-4-11-20(19)22(25)23(21)14-6-5-7-16-12-13-17-8-1-2-9-18(17)15-16/h1-4,8-13,15H,5-7,14H2. The number of hydrogen-bond donors (Lipinski definition) is 0. The van der Waals surface area contributed by atoms with E-state index in [1.54, 1.807) is 24.3 Å². The summed E-state index contributed by atoms with van der Waals surface area (Å²) in [5.74, 6) is -0.322. The molecule has 1 heterocycles. The average Bonchev–Trinajstić information content (AvgIpc) is 2.90. The van der Waals surface area contributed by atoms with Crippen molar-refractivity contribution in [3.8, 4) is 0 Å². The van der Waals surface area contributed by atoms with Crippen molar-refractivity contribution in [2.75, 3.05) is 6.54 Å². The molecule has 0 saturated heterocycles. The van der Waals surface area contributed by atoms with Crippen LogP contribution in [0.5, 0.6) is 0 Å². The fourth-order valence-electron chi connectivity index (χ4n) is 3.44. The molecule has 0 atom stereocenters. The minimum Gasteiger partial charge on any atom is -0.274 e. The molecule has 1 aliphatic rings. The number of benzene rings is 3. The van der Waals surface area contributed by atoms with Gasteiger partial charge in [-0.15, -0.1) is 0 Å². The van der Waals surface area contributed by atoms with Crippen LogP contribution in [0.15, 0.2) is 66.7 Å². The maximum atomic E-state index is 12.3. The summed E-state index contributed by atoms with van der Waals surface area (Å²) in [6.07, 6.45) is 2.72. The second-order valence-electron chi connectivity index (χ2n) is 6.45. The van der Waals surface area contributed by atoms with Crippen molar-refractivity contribution in [3.05, 3.63) is 83.4 Å². The lowest BCUT2D eigenvalue weighted by atomic mass is 10.0. The zero-order chi connectivity index (χ0) is 17.2. The molecule has 3 heteroatoms. The fourth-order valence-corrected chi connectivity index (χ4v) is 3.44. The maximum Gasteiger partial charge on any atom is 0.261 e. The third-order valence-electron chi connectivity index (χ3n) is 4.79. The summed E-state index contributed by atoms with van der Waals surface area (Å²) in [7, 11) is 0. The Kier molecular flexibility index (Phi) is 4.06. The Balaban J connectivity index is 1.35. The molecular weight excluding hydrogens is 310 g/mol. The summed E-state index contributed by atoms with van der Waals surface area (Å²) < 4.78 is 0. The molecule has 3 aromatic rings. The van der Waals surface area contributed by atoms with Crippen molar-refractivity contribution in [1.82, 2.24) is 4.90 Å². The minimum absolute atomic E-state index is 0.161. The quantitative estimate of drug-likeness (QED) is 0.512. The van der Waals surface area contributed by atoms with Crippen LogP contribution in [-0.4, -0.2) is 23.3 Å². The van der Waals surface area contributed by atoms with E-state index in [1.807, 2.05) is 12.1 Å². The van der Waals surface area contributed by atoms with E-state index in [0.29, 0.717) is 17.7 Å². The highest BCUT2D eigenvalue weighted by Gasteiger charge is 2.34. The van der Waals surface area contributed by atoms with Gasteiger partial charge in [0.2, 0.25) is 0 Å². The molecule has 25 heavy (non-hydrogen) atoms. The Morgan fingerprint density at radius 3 is 2.04 bits per heavy atom. The lowest BCUT2D eigenvalue weighted by Crippen LogP contribution is -2.30. The van der Waals surface area contributed by atoms with Crippen molar-refractivity contribution in [2.24, 2.45) is 0 Å². The average molecular weight is 329 g/mol. The van der Waals surface area contributed by atoms with Gasteiger partial charge in [0.1, 0.15) is 0 Å². The second kappa shape index (κ2) is 6.52. The van der Waals surface area contributed by atoms with Gasteiger partial charge in [0.05, 0.1) is 11.1 Å². The summed E-state index contributed by atoms with van der Waals surface area (Å²) in [6.45, 7) is 0.486. The third kappa shape index (κ3) is 2.93. The lowest BCUT2D eigenvalue weighted by molar-refractivity contribution is 0.0652. The first-order valence-corrected chi connectivity index (χ1v) is 8.67. The van der Waals surface area contributed by atoms with Crippen molar-refractivity contribution in [3.63, 3.8) is 0 Å². The topological polar surface area (TPSA) is 37.4 Å². The molecule has 0 radical (unpaired) electrons. The van der Waals surface area contributed by atoms with Crippen molar-refractivity contribution in [2.45, 2.75) is 19.3 Å². The predicted molar refractivity (Wildman–Crippen MR) is 98.7 cm³/mol. The number of unbranched alkanes of at least 4 members (excludes halogenated alkanes) is 1. The highest BCUT2D eigenvalue weighted by molar-refractivity contribution is 6.21. The van der Waals surface area contributed by atoms with E-state index >= 15 is 0 Å². The Morgan fingerprint density at radius 2 is 1.32 bits per heavy atom. The highest BCUT2D eigenvalue weighted by atomic mass is 16.2. The molecule has 3 nitrogen and oxygen atoms in total. The SMILES string of the molecule is O=C1c2ccccc2C(=O)N1CCCCc1ccc2ccccc2c1. The van der Waals surface area contributed by atoms with Crippen LogP contribution in [-0.2, 0) is 6.42 Å². The number of rotatable bonds is 5. The van der Waals surface area contributed by atoms with Crippen LogP contribution in [0.4, 0.5) is 0 Å². The Hall–Kier alpha value is -2.94. The molecule has 0 unspecified atom stereocenters. The van der Waals surface area contributed by atoms with Crippen LogP contribution in [0.25, 0.3) is 10.8 Å². The first kappa shape index (κ1) is 15.6. The molecule has 0 N–H and O–H groups in total. The number of fused-ring (bicyclic) bond motifs is 2. The highest BCUT2D eigenvalue weighted by Crippen LogP contribution is 2.23. The van der Waals surface area contributed by atoms with Crippen molar-refractivity contribution in [1.29, 1.82) is 0 Å². The van der Waals surface area contributed by atoms with Gasteiger partial charge in [-0.25, -0.2) is 0 Å². The molecular formula is C22H19NO2. The number of carbonyl (C=O) groups is 2. The van der Waals surface area contributed by atoms with Crippen LogP contribution in [0.1, 0.15) is 39.1 Å². The number of imide groups is 1. The van der Waals surface area contributed by atoms with Crippen LogP contribution in [0, 0.1) is 0 Å². The number of carbonyl (C=O) groups excluding carboxylic acids is 2. The molecule has 0 aliphatic carbocycles. The molecule has 124 valence electrons. The first-order chi connectivity index (χ1) is 12.2. The van der Waals surface area contributed by atoms with Crippen LogP contribution >= 0.6 is 0 Å². The Bertz CT molecular complexity index is 926. The van der Waals surface area contributed by atoms with E-state index < -0.39 is 0 Å². The molecule has 2 amide bonds. The van der Waals surface area contributed by atoms with Gasteiger partial charge in [0.15, 0.2) is 0 Å². The minimum atomic E-state index is -0.161. The van der Waals surface area contributed by atoms with Crippen LogP contribution < -0.4 is 0 Å². The summed E-state index contributed by atoms with van der Waals surface area (Å²) in [6, 6.07) is 21.9. The van der Waals surface area contributed by atoms with E-state index in [1.165, 1.54) is 21.2 Å². The van der Waals surface area contributed by atoms with Gasteiger partial charge in [0, 0.05) is 6.54 Å². The van der Waals surface area contributed by atoms with E-state index in [-0.39, 0.29) is 11.8 Å². The largest absolute Gasteiger partial charge is 0.274 e. The zero-order valence-corrected chi connectivity index (χ0v) is 13.9. The molecule has 1 aliphatic heterocycles. The Labute approximate surface area is 146 Å². The summed E-state index contributed by atoms with van der Waals surface area (Å²) >= 11 is 0. The fraction of sp³-hybridized carbons (Fsp3) is 0.182. The summed E-state index contributed by atoms with van der Waals surface area (Å²) in [5, 5.41) is 2.50. The van der Waals surface area contributed by atoms with Gasteiger partial charge in [-0.3, -0.25) is 14.5 Å². The zero-order valence-electron chi connectivity index (χ0n) is 13.9. The lowest BCUT2D eigenvalue weighted by Gasteiger charge is -2.13.